The van der Waals surface area contributed by atoms with Crippen LogP contribution in [0.4, 0.5) is 4.39 Å². The minimum absolute atomic E-state index is 0.118. The molecule has 0 aliphatic heterocycles. The Bertz CT molecular complexity index is 931. The number of carbonyl (C=O) groups is 2. The summed E-state index contributed by atoms with van der Waals surface area (Å²) in [4.78, 5) is 27.1. The highest BCUT2D eigenvalue weighted by Crippen LogP contribution is 2.29. The van der Waals surface area contributed by atoms with Crippen LogP contribution in [0.15, 0.2) is 72.9 Å². The summed E-state index contributed by atoms with van der Waals surface area (Å²) in [6, 6.07) is 19.3. The Labute approximate surface area is 155 Å². The number of hydrogen-bond donors (Lipinski definition) is 2. The summed E-state index contributed by atoms with van der Waals surface area (Å²) in [5.74, 6) is -1.30. The van der Waals surface area contributed by atoms with Gasteiger partial charge in [0.25, 0.3) is 11.8 Å². The first-order valence-electron chi connectivity index (χ1n) is 8.11. The van der Waals surface area contributed by atoms with Gasteiger partial charge in [0.2, 0.25) is 5.95 Å². The van der Waals surface area contributed by atoms with Gasteiger partial charge in [0.05, 0.1) is 5.56 Å². The number of benzene rings is 2. The molecule has 27 heavy (non-hydrogen) atoms. The predicted octanol–water partition coefficient (Wildman–Crippen LogP) is 2.73. The molecule has 0 spiro atoms. The van der Waals surface area contributed by atoms with E-state index in [1.54, 1.807) is 6.07 Å². The van der Waals surface area contributed by atoms with Crippen molar-refractivity contribution >= 4 is 11.8 Å². The molecule has 0 fully saturated rings. The largest absolute Gasteiger partial charge is 0.483 e. The zero-order chi connectivity index (χ0) is 19.1. The molecule has 0 bridgehead atoms. The van der Waals surface area contributed by atoms with Crippen molar-refractivity contribution in [2.75, 3.05) is 6.61 Å². The van der Waals surface area contributed by atoms with Gasteiger partial charge in [-0.2, -0.15) is 4.39 Å². The molecular formula is C20H16FN3O3. The number of rotatable bonds is 5. The van der Waals surface area contributed by atoms with Crippen LogP contribution in [-0.4, -0.2) is 23.4 Å². The normalized spacial score (nSPS) is 10.1. The third-order valence-electron chi connectivity index (χ3n) is 3.64. The average Bonchev–Trinajstić information content (AvgIpc) is 2.72. The maximum atomic E-state index is 12.8. The van der Waals surface area contributed by atoms with Crippen molar-refractivity contribution in [3.05, 3.63) is 84.4 Å². The Morgan fingerprint density at radius 1 is 0.926 bits per heavy atom. The van der Waals surface area contributed by atoms with E-state index < -0.39 is 17.8 Å². The molecule has 3 rings (SSSR count). The van der Waals surface area contributed by atoms with Crippen LogP contribution in [-0.2, 0) is 4.79 Å². The average molecular weight is 365 g/mol. The second kappa shape index (κ2) is 8.57. The second-order valence-electron chi connectivity index (χ2n) is 5.52. The van der Waals surface area contributed by atoms with Crippen LogP contribution in [0.1, 0.15) is 10.4 Å². The van der Waals surface area contributed by atoms with Crippen molar-refractivity contribution in [3.63, 3.8) is 0 Å². The molecule has 0 saturated heterocycles. The standard InChI is InChI=1S/C20H16FN3O3/c21-18-11-10-15(12-22-18)20(26)24-23-19(25)13-27-17-9-5-4-8-16(17)14-6-2-1-3-7-14/h1-12H,13H2,(H,23,25)(H,24,26). The highest BCUT2D eigenvalue weighted by atomic mass is 19.1. The van der Waals surface area contributed by atoms with Crippen LogP contribution in [0.2, 0.25) is 0 Å². The minimum atomic E-state index is -0.693. The number of hydrogen-bond acceptors (Lipinski definition) is 4. The monoisotopic (exact) mass is 365 g/mol. The molecule has 136 valence electrons. The molecule has 0 aliphatic rings. The highest BCUT2D eigenvalue weighted by molar-refractivity contribution is 5.95. The van der Waals surface area contributed by atoms with E-state index in [4.69, 9.17) is 4.74 Å². The molecule has 1 heterocycles. The number of amides is 2. The molecule has 0 saturated carbocycles. The van der Waals surface area contributed by atoms with Gasteiger partial charge in [-0.05, 0) is 23.8 Å². The second-order valence-corrected chi connectivity index (χ2v) is 5.52. The summed E-state index contributed by atoms with van der Waals surface area (Å²) >= 11 is 0. The van der Waals surface area contributed by atoms with Crippen LogP contribution >= 0.6 is 0 Å². The third kappa shape index (κ3) is 4.88. The van der Waals surface area contributed by atoms with Gasteiger partial charge in [0, 0.05) is 11.8 Å². The lowest BCUT2D eigenvalue weighted by atomic mass is 10.1. The quantitative estimate of drug-likeness (QED) is 0.538. The first kappa shape index (κ1) is 18.1. The lowest BCUT2D eigenvalue weighted by Gasteiger charge is -2.12. The van der Waals surface area contributed by atoms with Gasteiger partial charge in [-0.15, -0.1) is 0 Å². The van der Waals surface area contributed by atoms with Crippen LogP contribution in [0.25, 0.3) is 11.1 Å². The minimum Gasteiger partial charge on any atom is -0.483 e. The Hall–Kier alpha value is -3.74. The number of ether oxygens (including phenoxy) is 1. The summed E-state index contributed by atoms with van der Waals surface area (Å²) in [7, 11) is 0. The Morgan fingerprint density at radius 2 is 1.67 bits per heavy atom. The van der Waals surface area contributed by atoms with E-state index >= 15 is 0 Å². The summed E-state index contributed by atoms with van der Waals surface area (Å²) in [5.41, 5.74) is 6.40. The zero-order valence-corrected chi connectivity index (χ0v) is 14.2. The molecule has 6 nitrogen and oxygen atoms in total. The maximum Gasteiger partial charge on any atom is 0.276 e. The first-order chi connectivity index (χ1) is 13.1. The summed E-state index contributed by atoms with van der Waals surface area (Å²) < 4.78 is 18.3. The van der Waals surface area contributed by atoms with E-state index in [2.05, 4.69) is 15.8 Å². The number of hydrazine groups is 1. The fourth-order valence-corrected chi connectivity index (χ4v) is 2.34. The number of halogens is 1. The number of pyridine rings is 1. The number of aromatic nitrogens is 1. The van der Waals surface area contributed by atoms with Crippen molar-refractivity contribution in [1.29, 1.82) is 0 Å². The number of carbonyl (C=O) groups excluding carboxylic acids is 2. The van der Waals surface area contributed by atoms with Gasteiger partial charge in [-0.3, -0.25) is 20.4 Å². The van der Waals surface area contributed by atoms with Gasteiger partial charge in [-0.25, -0.2) is 4.98 Å². The van der Waals surface area contributed by atoms with Gasteiger partial charge >= 0.3 is 0 Å². The van der Waals surface area contributed by atoms with Crippen molar-refractivity contribution < 1.29 is 18.7 Å². The number of para-hydroxylation sites is 1. The first-order valence-corrected chi connectivity index (χ1v) is 8.11. The third-order valence-corrected chi connectivity index (χ3v) is 3.64. The molecule has 0 unspecified atom stereocenters. The SMILES string of the molecule is O=C(COc1ccccc1-c1ccccc1)NNC(=O)c1ccc(F)nc1. The Morgan fingerprint density at radius 3 is 2.41 bits per heavy atom. The van der Waals surface area contributed by atoms with E-state index in [0.717, 1.165) is 23.4 Å². The van der Waals surface area contributed by atoms with Crippen molar-refractivity contribution in [2.45, 2.75) is 0 Å². The van der Waals surface area contributed by atoms with E-state index in [-0.39, 0.29) is 12.2 Å². The van der Waals surface area contributed by atoms with E-state index in [9.17, 15) is 14.0 Å². The fraction of sp³-hybridized carbons (Fsp3) is 0.0500. The fourth-order valence-electron chi connectivity index (χ4n) is 2.34. The molecule has 7 heteroatoms. The smallest absolute Gasteiger partial charge is 0.276 e. The topological polar surface area (TPSA) is 80.3 Å². The van der Waals surface area contributed by atoms with Crippen LogP contribution in [0.3, 0.4) is 0 Å². The molecule has 2 amide bonds. The predicted molar refractivity (Wildman–Crippen MR) is 97.2 cm³/mol. The summed E-state index contributed by atoms with van der Waals surface area (Å²) in [5, 5.41) is 0. The number of nitrogens with one attached hydrogen (secondary N) is 2. The van der Waals surface area contributed by atoms with E-state index in [1.165, 1.54) is 6.07 Å². The van der Waals surface area contributed by atoms with Crippen LogP contribution in [0.5, 0.6) is 5.75 Å². The molecule has 0 aliphatic carbocycles. The molecular weight excluding hydrogens is 349 g/mol. The van der Waals surface area contributed by atoms with Crippen LogP contribution in [0, 0.1) is 5.95 Å². The summed E-state index contributed by atoms with van der Waals surface area (Å²) in [6.07, 6.45) is 1.07. The van der Waals surface area contributed by atoms with Crippen molar-refractivity contribution in [2.24, 2.45) is 0 Å². The lowest BCUT2D eigenvalue weighted by molar-refractivity contribution is -0.123. The van der Waals surface area contributed by atoms with Gasteiger partial charge < -0.3 is 4.74 Å². The maximum absolute atomic E-state index is 12.8. The van der Waals surface area contributed by atoms with Gasteiger partial charge in [0.1, 0.15) is 5.75 Å². The molecule has 2 N–H and O–H groups in total. The van der Waals surface area contributed by atoms with Crippen molar-refractivity contribution in [1.82, 2.24) is 15.8 Å². The highest BCUT2D eigenvalue weighted by Gasteiger charge is 2.10. The van der Waals surface area contributed by atoms with Crippen molar-refractivity contribution in [3.8, 4) is 16.9 Å². The molecule has 0 radical (unpaired) electrons. The number of nitrogens with zero attached hydrogens (tertiary/aromatic N) is 1. The van der Waals surface area contributed by atoms with E-state index in [1.807, 2.05) is 48.5 Å². The van der Waals surface area contributed by atoms with E-state index in [0.29, 0.717) is 5.75 Å². The Kier molecular flexibility index (Phi) is 5.73. The zero-order valence-electron chi connectivity index (χ0n) is 14.2. The molecule has 3 aromatic rings. The molecule has 1 aromatic heterocycles. The lowest BCUT2D eigenvalue weighted by Crippen LogP contribution is -2.43. The van der Waals surface area contributed by atoms with Gasteiger partial charge in [0.15, 0.2) is 6.61 Å². The summed E-state index contributed by atoms with van der Waals surface area (Å²) in [6.45, 7) is -0.286. The molecule has 2 aromatic carbocycles. The molecule has 0 atom stereocenters. The van der Waals surface area contributed by atoms with Crippen LogP contribution < -0.4 is 15.6 Å². The Balaban J connectivity index is 1.55. The van der Waals surface area contributed by atoms with Gasteiger partial charge in [-0.1, -0.05) is 48.5 Å².